The third kappa shape index (κ3) is 4.66. The van der Waals surface area contributed by atoms with Gasteiger partial charge in [0.2, 0.25) is 0 Å². The number of methoxy groups -OCH3 is 1. The number of nitrogens with zero attached hydrogens (tertiary/aromatic N) is 2. The lowest BCUT2D eigenvalue weighted by atomic mass is 10.2. The quantitative estimate of drug-likeness (QED) is 0.585. The van der Waals surface area contributed by atoms with Crippen molar-refractivity contribution >= 4 is 27.4 Å². The number of ether oxygens (including phenoxy) is 1. The summed E-state index contributed by atoms with van der Waals surface area (Å²) in [5, 5.41) is 0. The number of hydrogen-bond acceptors (Lipinski definition) is 5. The molecule has 1 aromatic heterocycles. The summed E-state index contributed by atoms with van der Waals surface area (Å²) >= 11 is 0. The maximum Gasteiger partial charge on any atom is 0.394 e. The average molecular weight is 288 g/mol. The van der Waals surface area contributed by atoms with Crippen LogP contribution in [0.3, 0.4) is 0 Å². The third-order valence-corrected chi connectivity index (χ3v) is 2.15. The van der Waals surface area contributed by atoms with Crippen LogP contribution in [0.1, 0.15) is 10.4 Å². The van der Waals surface area contributed by atoms with E-state index in [1.54, 1.807) is 18.5 Å². The maximum absolute atomic E-state index is 11.2. The van der Waals surface area contributed by atoms with Gasteiger partial charge in [0.15, 0.2) is 0 Å². The SMILES string of the molecule is COC(=O)c1ccc2c(c1)ncn2C.O=S(=O)(O)O. The first-order chi connectivity index (χ1) is 8.72. The van der Waals surface area contributed by atoms with E-state index >= 15 is 0 Å². The highest BCUT2D eigenvalue weighted by atomic mass is 32.3. The van der Waals surface area contributed by atoms with Gasteiger partial charge in [0.25, 0.3) is 0 Å². The Kier molecular flexibility index (Phi) is 4.59. The minimum absolute atomic E-state index is 0.336. The Balaban J connectivity index is 0.000000312. The first kappa shape index (κ1) is 15.1. The van der Waals surface area contributed by atoms with Crippen molar-refractivity contribution in [2.24, 2.45) is 7.05 Å². The lowest BCUT2D eigenvalue weighted by Crippen LogP contribution is -2.00. The first-order valence-corrected chi connectivity index (χ1v) is 6.31. The van der Waals surface area contributed by atoms with Crippen molar-refractivity contribution in [3.05, 3.63) is 30.1 Å². The fourth-order valence-corrected chi connectivity index (χ4v) is 1.38. The second-order valence-corrected chi connectivity index (χ2v) is 4.39. The van der Waals surface area contributed by atoms with E-state index in [1.165, 1.54) is 7.11 Å². The van der Waals surface area contributed by atoms with Crippen molar-refractivity contribution in [1.82, 2.24) is 9.55 Å². The molecule has 2 aromatic rings. The summed E-state index contributed by atoms with van der Waals surface area (Å²) < 4.78 is 38.1. The van der Waals surface area contributed by atoms with Crippen molar-refractivity contribution in [2.45, 2.75) is 0 Å². The molecule has 2 N–H and O–H groups in total. The van der Waals surface area contributed by atoms with Crippen LogP contribution in [-0.2, 0) is 22.2 Å². The summed E-state index contributed by atoms with van der Waals surface area (Å²) in [5.74, 6) is -0.336. The molecule has 2 rings (SSSR count). The number of aryl methyl sites for hydroxylation is 1. The van der Waals surface area contributed by atoms with E-state index in [2.05, 4.69) is 9.72 Å². The Bertz CT molecular complexity index is 683. The molecule has 0 unspecified atom stereocenters. The second-order valence-electron chi connectivity index (χ2n) is 3.50. The Morgan fingerprint density at radius 2 is 1.95 bits per heavy atom. The zero-order valence-corrected chi connectivity index (χ0v) is 11.0. The van der Waals surface area contributed by atoms with Gasteiger partial charge in [0.1, 0.15) is 0 Å². The zero-order valence-electron chi connectivity index (χ0n) is 10.1. The fraction of sp³-hybridized carbons (Fsp3) is 0.200. The Hall–Kier alpha value is -1.97. The van der Waals surface area contributed by atoms with Crippen LogP contribution in [0.4, 0.5) is 0 Å². The summed E-state index contributed by atoms with van der Waals surface area (Å²) in [6, 6.07) is 5.31. The Morgan fingerprint density at radius 1 is 1.37 bits per heavy atom. The highest BCUT2D eigenvalue weighted by Gasteiger charge is 2.07. The van der Waals surface area contributed by atoms with Gasteiger partial charge in [-0.25, -0.2) is 9.78 Å². The molecule has 0 atom stereocenters. The molecule has 0 radical (unpaired) electrons. The van der Waals surface area contributed by atoms with E-state index in [0.29, 0.717) is 5.56 Å². The average Bonchev–Trinajstić information content (AvgIpc) is 2.67. The lowest BCUT2D eigenvalue weighted by molar-refractivity contribution is 0.0601. The molecule has 0 aliphatic carbocycles. The molecule has 0 fully saturated rings. The predicted octanol–water partition coefficient (Wildman–Crippen LogP) is 0.707. The van der Waals surface area contributed by atoms with Gasteiger partial charge in [0.05, 0.1) is 30.0 Å². The minimum atomic E-state index is -4.67. The molecule has 0 amide bonds. The van der Waals surface area contributed by atoms with Crippen LogP contribution in [0.25, 0.3) is 11.0 Å². The molecule has 0 bridgehead atoms. The number of aromatic nitrogens is 2. The molecule has 0 saturated heterocycles. The Morgan fingerprint density at radius 3 is 2.47 bits per heavy atom. The van der Waals surface area contributed by atoms with E-state index in [9.17, 15) is 4.79 Å². The smallest absolute Gasteiger partial charge is 0.394 e. The van der Waals surface area contributed by atoms with E-state index < -0.39 is 10.4 Å². The number of hydrogen-bond donors (Lipinski definition) is 2. The summed E-state index contributed by atoms with van der Waals surface area (Å²) in [6.07, 6.45) is 1.71. The van der Waals surface area contributed by atoms with Crippen molar-refractivity contribution in [3.8, 4) is 0 Å². The summed E-state index contributed by atoms with van der Waals surface area (Å²) in [7, 11) is -1.39. The number of benzene rings is 1. The summed E-state index contributed by atoms with van der Waals surface area (Å²) in [5.41, 5.74) is 2.33. The molecule has 0 aliphatic rings. The Labute approximate surface area is 109 Å². The molecular formula is C10H12N2O6S. The van der Waals surface area contributed by atoms with Gasteiger partial charge in [-0.1, -0.05) is 0 Å². The molecule has 8 nitrogen and oxygen atoms in total. The van der Waals surface area contributed by atoms with Gasteiger partial charge in [0, 0.05) is 7.05 Å². The zero-order chi connectivity index (χ0) is 14.6. The number of fused-ring (bicyclic) bond motifs is 1. The fourth-order valence-electron chi connectivity index (χ4n) is 1.38. The number of rotatable bonds is 1. The van der Waals surface area contributed by atoms with Crippen LogP contribution in [0.2, 0.25) is 0 Å². The van der Waals surface area contributed by atoms with Crippen LogP contribution < -0.4 is 0 Å². The molecule has 0 spiro atoms. The largest absolute Gasteiger partial charge is 0.465 e. The molecule has 0 saturated carbocycles. The van der Waals surface area contributed by atoms with Crippen molar-refractivity contribution in [1.29, 1.82) is 0 Å². The van der Waals surface area contributed by atoms with Gasteiger partial charge in [-0.3, -0.25) is 9.11 Å². The van der Waals surface area contributed by atoms with Crippen LogP contribution in [0.15, 0.2) is 24.5 Å². The normalized spacial score (nSPS) is 10.7. The number of carbonyl (C=O) groups excluding carboxylic acids is 1. The molecule has 0 aliphatic heterocycles. The van der Waals surface area contributed by atoms with Crippen LogP contribution >= 0.6 is 0 Å². The molecule has 104 valence electrons. The molecule has 9 heteroatoms. The predicted molar refractivity (Wildman–Crippen MR) is 66.2 cm³/mol. The van der Waals surface area contributed by atoms with Crippen molar-refractivity contribution in [2.75, 3.05) is 7.11 Å². The van der Waals surface area contributed by atoms with Gasteiger partial charge >= 0.3 is 16.4 Å². The van der Waals surface area contributed by atoms with Gasteiger partial charge < -0.3 is 9.30 Å². The molecule has 1 heterocycles. The van der Waals surface area contributed by atoms with Crippen molar-refractivity contribution in [3.63, 3.8) is 0 Å². The highest BCUT2D eigenvalue weighted by Crippen LogP contribution is 2.14. The summed E-state index contributed by atoms with van der Waals surface area (Å²) in [6.45, 7) is 0. The molecular weight excluding hydrogens is 276 g/mol. The second kappa shape index (κ2) is 5.78. The van der Waals surface area contributed by atoms with Gasteiger partial charge in [-0.15, -0.1) is 0 Å². The molecule has 1 aromatic carbocycles. The van der Waals surface area contributed by atoms with E-state index in [1.807, 2.05) is 17.7 Å². The van der Waals surface area contributed by atoms with Gasteiger partial charge in [-0.05, 0) is 18.2 Å². The topological polar surface area (TPSA) is 119 Å². The summed E-state index contributed by atoms with van der Waals surface area (Å²) in [4.78, 5) is 15.4. The minimum Gasteiger partial charge on any atom is -0.465 e. The molecule has 19 heavy (non-hydrogen) atoms. The lowest BCUT2D eigenvalue weighted by Gasteiger charge is -1.99. The van der Waals surface area contributed by atoms with Gasteiger partial charge in [-0.2, -0.15) is 8.42 Å². The standard InChI is InChI=1S/C10H10N2O2.H2O4S/c1-12-6-11-8-5-7(10(13)14-2)3-4-9(8)12;1-5(2,3)4/h3-6H,1-2H3;(H2,1,2,3,4). The highest BCUT2D eigenvalue weighted by molar-refractivity contribution is 7.79. The monoisotopic (exact) mass is 288 g/mol. The first-order valence-electron chi connectivity index (χ1n) is 4.91. The maximum atomic E-state index is 11.2. The van der Waals surface area contributed by atoms with Crippen molar-refractivity contribution < 1.29 is 27.1 Å². The number of carbonyl (C=O) groups is 1. The van der Waals surface area contributed by atoms with Crippen LogP contribution in [0, 0.1) is 0 Å². The third-order valence-electron chi connectivity index (χ3n) is 2.15. The number of imidazole rings is 1. The van der Waals surface area contributed by atoms with E-state index in [-0.39, 0.29) is 5.97 Å². The van der Waals surface area contributed by atoms with E-state index in [0.717, 1.165) is 11.0 Å². The van der Waals surface area contributed by atoms with Crippen LogP contribution in [0.5, 0.6) is 0 Å². The number of esters is 1. The van der Waals surface area contributed by atoms with E-state index in [4.69, 9.17) is 17.5 Å². The van der Waals surface area contributed by atoms with Crippen LogP contribution in [-0.4, -0.2) is 40.2 Å².